The van der Waals surface area contributed by atoms with Gasteiger partial charge in [0.2, 0.25) is 11.8 Å². The minimum atomic E-state index is -4.78. The molecular weight excluding hydrogens is 589 g/mol. The number of aryl methyl sites for hydroxylation is 1. The molecule has 0 saturated carbocycles. The third-order valence-corrected chi connectivity index (χ3v) is 9.87. The number of ether oxygens (including phenoxy) is 2. The fourth-order valence-electron chi connectivity index (χ4n) is 5.45. The van der Waals surface area contributed by atoms with Crippen molar-refractivity contribution >= 4 is 40.6 Å². The van der Waals surface area contributed by atoms with Crippen molar-refractivity contribution in [3.63, 3.8) is 0 Å². The number of benzene rings is 3. The van der Waals surface area contributed by atoms with E-state index in [1.165, 1.54) is 19.2 Å². The molecule has 0 aliphatic carbocycles. The van der Waals surface area contributed by atoms with Crippen LogP contribution in [-0.4, -0.2) is 29.2 Å². The van der Waals surface area contributed by atoms with Gasteiger partial charge in [0, 0.05) is 10.8 Å². The summed E-state index contributed by atoms with van der Waals surface area (Å²) in [6, 6.07) is 17.4. The molecule has 1 aromatic heterocycles. The topological polar surface area (TPSA) is 88.7 Å². The van der Waals surface area contributed by atoms with Crippen LogP contribution in [0.2, 0.25) is 0 Å². The highest BCUT2D eigenvalue weighted by Crippen LogP contribution is 2.54. The molecule has 2 aliphatic heterocycles. The van der Waals surface area contributed by atoms with Gasteiger partial charge in [0.1, 0.15) is 11.9 Å². The Kier molecular flexibility index (Phi) is 7.14. The van der Waals surface area contributed by atoms with Gasteiger partial charge in [-0.15, -0.1) is 0 Å². The van der Waals surface area contributed by atoms with Gasteiger partial charge in [0.05, 0.1) is 29.3 Å². The summed E-state index contributed by atoms with van der Waals surface area (Å²) in [7, 11) is 1.47. The number of nitrogens with zero attached hydrogens (tertiary/aromatic N) is 1. The first-order chi connectivity index (χ1) is 20.1. The molecule has 1 N–H and O–H groups in total. The minimum absolute atomic E-state index is 0.289. The van der Waals surface area contributed by atoms with Gasteiger partial charge < -0.3 is 14.5 Å². The molecule has 2 unspecified atom stereocenters. The molecule has 0 bridgehead atoms. The lowest BCUT2D eigenvalue weighted by molar-refractivity contribution is -0.137. The number of rotatable bonds is 6. The molecule has 1 saturated heterocycles. The number of aromatic nitrogens is 1. The fraction of sp³-hybridized carbons (Fsp3) is 0.233. The number of methoxy groups -OCH3 is 1. The van der Waals surface area contributed by atoms with Crippen molar-refractivity contribution in [2.75, 3.05) is 12.0 Å². The first-order valence-corrected chi connectivity index (χ1v) is 14.6. The molecule has 0 radical (unpaired) electrons. The van der Waals surface area contributed by atoms with Crippen molar-refractivity contribution in [1.29, 1.82) is 0 Å². The van der Waals surface area contributed by atoms with Crippen LogP contribution >= 0.6 is 23.1 Å². The van der Waals surface area contributed by atoms with E-state index in [2.05, 4.69) is 4.98 Å². The number of nitrogens with one attached hydrogen (secondary N) is 1. The van der Waals surface area contributed by atoms with Crippen molar-refractivity contribution in [2.24, 2.45) is 5.92 Å². The lowest BCUT2D eigenvalue weighted by Gasteiger charge is -2.30. The quantitative estimate of drug-likeness (QED) is 0.263. The van der Waals surface area contributed by atoms with Crippen LogP contribution in [0, 0.1) is 12.8 Å². The summed E-state index contributed by atoms with van der Waals surface area (Å²) in [5.74, 6) is -2.54. The number of aromatic amines is 1. The zero-order valence-corrected chi connectivity index (χ0v) is 23.9. The summed E-state index contributed by atoms with van der Waals surface area (Å²) in [5, 5.41) is -0.619. The Labute approximate surface area is 246 Å². The van der Waals surface area contributed by atoms with E-state index in [4.69, 9.17) is 9.47 Å². The van der Waals surface area contributed by atoms with E-state index in [1.807, 2.05) is 31.2 Å². The average molecular weight is 613 g/mol. The van der Waals surface area contributed by atoms with Crippen LogP contribution in [0.15, 0.2) is 76.6 Å². The van der Waals surface area contributed by atoms with Crippen LogP contribution in [0.1, 0.15) is 33.0 Å². The molecular formula is C30H23F3N2O5S2. The smallest absolute Gasteiger partial charge is 0.418 e. The number of H-pyrrole nitrogens is 1. The van der Waals surface area contributed by atoms with Crippen LogP contribution in [0.4, 0.5) is 18.9 Å². The van der Waals surface area contributed by atoms with Crippen LogP contribution in [0.3, 0.4) is 0 Å². The van der Waals surface area contributed by atoms with E-state index in [0.717, 1.165) is 46.4 Å². The first kappa shape index (κ1) is 28.1. The molecule has 42 heavy (non-hydrogen) atoms. The second-order valence-electron chi connectivity index (χ2n) is 9.90. The highest BCUT2D eigenvalue weighted by Gasteiger charge is 2.57. The van der Waals surface area contributed by atoms with Gasteiger partial charge in [-0.2, -0.15) is 13.2 Å². The average Bonchev–Trinajstić information content (AvgIpc) is 3.46. The standard InChI is InChI=1S/C30H23F3N2O5S2/c1-15-7-3-4-8-17(15)14-40-20-12-11-16(13-21(20)39-2)22-23-25(41-26-24(22)42-29(38)34-26)28(37)35(27(23)36)19-10-6-5-9-18(19)30(31,32)33/h3-13,22-23,25H,14H2,1-2H3,(H,34,38)/t22-,23?,25?/m1/s1. The predicted octanol–water partition coefficient (Wildman–Crippen LogP) is 6.15. The van der Waals surface area contributed by atoms with E-state index < -0.39 is 46.3 Å². The second kappa shape index (κ2) is 10.7. The van der Waals surface area contributed by atoms with Gasteiger partial charge in [-0.05, 0) is 47.9 Å². The maximum absolute atomic E-state index is 13.9. The first-order valence-electron chi connectivity index (χ1n) is 12.9. The summed E-state index contributed by atoms with van der Waals surface area (Å²) < 4.78 is 53.3. The Morgan fingerprint density at radius 2 is 1.69 bits per heavy atom. The number of thiazole rings is 1. The SMILES string of the molecule is COc1cc([C@H]2c3sc(=O)[nH]c3SC3C(=O)N(c4ccccc4C(F)(F)F)C(=O)C32)ccc1OCc1ccccc1C. The Morgan fingerprint density at radius 1 is 0.952 bits per heavy atom. The third kappa shape index (κ3) is 4.78. The van der Waals surface area contributed by atoms with Crippen LogP contribution in [0.5, 0.6) is 11.5 Å². The lowest BCUT2D eigenvalue weighted by Crippen LogP contribution is -2.33. The van der Waals surface area contributed by atoms with Crippen molar-refractivity contribution < 1.29 is 32.2 Å². The molecule has 216 valence electrons. The fourth-order valence-corrected chi connectivity index (χ4v) is 7.96. The van der Waals surface area contributed by atoms with Crippen LogP contribution in [-0.2, 0) is 22.4 Å². The number of carbonyl (C=O) groups is 2. The highest BCUT2D eigenvalue weighted by molar-refractivity contribution is 8.00. The number of fused-ring (bicyclic) bond motifs is 2. The number of alkyl halides is 3. The van der Waals surface area contributed by atoms with Gasteiger partial charge in [-0.1, -0.05) is 65.6 Å². The van der Waals surface area contributed by atoms with E-state index in [-0.39, 0.29) is 11.5 Å². The summed E-state index contributed by atoms with van der Waals surface area (Å²) in [5.41, 5.74) is 1.03. The maximum atomic E-state index is 13.9. The molecule has 2 amide bonds. The molecule has 4 aromatic rings. The molecule has 3 heterocycles. The monoisotopic (exact) mass is 612 g/mol. The molecule has 7 nitrogen and oxygen atoms in total. The molecule has 0 spiro atoms. The third-order valence-electron chi connectivity index (χ3n) is 7.47. The van der Waals surface area contributed by atoms with Gasteiger partial charge in [-0.25, -0.2) is 4.90 Å². The summed E-state index contributed by atoms with van der Waals surface area (Å²) in [4.78, 5) is 43.5. The van der Waals surface area contributed by atoms with Gasteiger partial charge in [-0.3, -0.25) is 14.4 Å². The number of para-hydroxylation sites is 1. The molecule has 12 heteroatoms. The number of amides is 2. The summed E-state index contributed by atoms with van der Waals surface area (Å²) >= 11 is 1.91. The Hall–Kier alpha value is -4.03. The Morgan fingerprint density at radius 3 is 2.43 bits per heavy atom. The molecule has 3 atom stereocenters. The maximum Gasteiger partial charge on any atom is 0.418 e. The van der Waals surface area contributed by atoms with Gasteiger partial charge >= 0.3 is 11.0 Å². The zero-order valence-electron chi connectivity index (χ0n) is 22.2. The van der Waals surface area contributed by atoms with E-state index in [9.17, 15) is 27.6 Å². The number of thioether (sulfide) groups is 1. The number of carbonyl (C=O) groups excluding carboxylic acids is 2. The van der Waals surface area contributed by atoms with E-state index in [1.54, 1.807) is 18.2 Å². The number of halogens is 3. The normalized spacial score (nSPS) is 19.9. The molecule has 1 fully saturated rings. The number of hydrogen-bond donors (Lipinski definition) is 1. The summed E-state index contributed by atoms with van der Waals surface area (Å²) in [6.07, 6.45) is -4.78. The predicted molar refractivity (Wildman–Crippen MR) is 152 cm³/mol. The van der Waals surface area contributed by atoms with Gasteiger partial charge in [0.25, 0.3) is 0 Å². The lowest BCUT2D eigenvalue weighted by atomic mass is 9.83. The van der Waals surface area contributed by atoms with Gasteiger partial charge in [0.15, 0.2) is 11.5 Å². The van der Waals surface area contributed by atoms with Crippen molar-refractivity contribution in [3.8, 4) is 11.5 Å². The second-order valence-corrected chi connectivity index (χ2v) is 12.1. The highest BCUT2D eigenvalue weighted by atomic mass is 32.2. The minimum Gasteiger partial charge on any atom is -0.493 e. The zero-order chi connectivity index (χ0) is 29.8. The number of anilines is 1. The summed E-state index contributed by atoms with van der Waals surface area (Å²) in [6.45, 7) is 2.27. The largest absolute Gasteiger partial charge is 0.493 e. The number of imide groups is 1. The Balaban J connectivity index is 1.40. The van der Waals surface area contributed by atoms with Crippen LogP contribution < -0.4 is 19.2 Å². The Bertz CT molecular complexity index is 1770. The van der Waals surface area contributed by atoms with E-state index >= 15 is 0 Å². The van der Waals surface area contributed by atoms with Crippen molar-refractivity contribution in [1.82, 2.24) is 4.98 Å². The molecule has 2 aliphatic rings. The van der Waals surface area contributed by atoms with Crippen molar-refractivity contribution in [3.05, 3.63) is 104 Å². The molecule has 6 rings (SSSR count). The number of hydrogen-bond acceptors (Lipinski definition) is 7. The van der Waals surface area contributed by atoms with Crippen molar-refractivity contribution in [2.45, 2.75) is 35.9 Å². The van der Waals surface area contributed by atoms with Crippen LogP contribution in [0.25, 0.3) is 0 Å². The molecule has 3 aromatic carbocycles. The van der Waals surface area contributed by atoms with E-state index in [0.29, 0.717) is 31.9 Å².